The number of anilines is 1. The van der Waals surface area contributed by atoms with Gasteiger partial charge in [0.2, 0.25) is 5.91 Å². The van der Waals surface area contributed by atoms with Crippen molar-refractivity contribution in [2.24, 2.45) is 0 Å². The number of carbonyl (C=O) groups excluding carboxylic acids is 1. The molecule has 0 radical (unpaired) electrons. The molecule has 128 valence electrons. The lowest BCUT2D eigenvalue weighted by molar-refractivity contribution is -0.115. The van der Waals surface area contributed by atoms with Crippen LogP contribution in [0.5, 0.6) is 5.75 Å². The predicted octanol–water partition coefficient (Wildman–Crippen LogP) is 4.10. The van der Waals surface area contributed by atoms with Crippen molar-refractivity contribution < 1.29 is 14.3 Å². The summed E-state index contributed by atoms with van der Waals surface area (Å²) in [5.74, 6) is 1.71. The number of rotatable bonds is 9. The third kappa shape index (κ3) is 6.26. The van der Waals surface area contributed by atoms with Gasteiger partial charge in [-0.2, -0.15) is 11.8 Å². The Bertz CT molecular complexity index is 643. The van der Waals surface area contributed by atoms with Gasteiger partial charge >= 0.3 is 0 Å². The molecule has 0 fully saturated rings. The van der Waals surface area contributed by atoms with E-state index in [9.17, 15) is 4.79 Å². The zero-order valence-corrected chi connectivity index (χ0v) is 14.9. The number of benzene rings is 2. The predicted molar refractivity (Wildman–Crippen MR) is 99.6 cm³/mol. The van der Waals surface area contributed by atoms with Crippen LogP contribution in [0.1, 0.15) is 17.5 Å². The molecular formula is C19H23NO3S. The monoisotopic (exact) mass is 345 g/mol. The van der Waals surface area contributed by atoms with Gasteiger partial charge in [0.05, 0.1) is 20.3 Å². The Morgan fingerprint density at radius 2 is 1.83 bits per heavy atom. The number of hydrogen-bond donors (Lipinski definition) is 1. The molecule has 4 nitrogen and oxygen atoms in total. The first-order chi connectivity index (χ1) is 11.7. The number of carbonyl (C=O) groups is 1. The maximum absolute atomic E-state index is 11.8. The summed E-state index contributed by atoms with van der Waals surface area (Å²) in [7, 11) is 1.65. The third-order valence-electron chi connectivity index (χ3n) is 3.44. The van der Waals surface area contributed by atoms with Gasteiger partial charge in [0.25, 0.3) is 0 Å². The van der Waals surface area contributed by atoms with Gasteiger partial charge in [-0.15, -0.1) is 0 Å². The van der Waals surface area contributed by atoms with Crippen LogP contribution in [0.4, 0.5) is 5.69 Å². The van der Waals surface area contributed by atoms with Crippen molar-refractivity contribution in [2.45, 2.75) is 19.6 Å². The zero-order chi connectivity index (χ0) is 17.2. The smallest absolute Gasteiger partial charge is 0.225 e. The fraction of sp³-hybridized carbons (Fsp3) is 0.316. The minimum Gasteiger partial charge on any atom is -0.497 e. The normalized spacial score (nSPS) is 10.4. The van der Waals surface area contributed by atoms with Crippen molar-refractivity contribution in [3.8, 4) is 5.75 Å². The van der Waals surface area contributed by atoms with E-state index >= 15 is 0 Å². The summed E-state index contributed by atoms with van der Waals surface area (Å²) < 4.78 is 10.9. The molecule has 5 heteroatoms. The second-order valence-electron chi connectivity index (χ2n) is 5.33. The average Bonchev–Trinajstić information content (AvgIpc) is 2.61. The maximum atomic E-state index is 11.8. The Morgan fingerprint density at radius 3 is 2.54 bits per heavy atom. The molecule has 1 N–H and O–H groups in total. The van der Waals surface area contributed by atoms with Crippen LogP contribution in [-0.2, 0) is 22.7 Å². The van der Waals surface area contributed by atoms with E-state index in [1.807, 2.05) is 54.8 Å². The molecule has 0 saturated heterocycles. The number of hydrogen-bond acceptors (Lipinski definition) is 4. The Kier molecular flexibility index (Phi) is 7.65. The number of nitrogens with one attached hydrogen (secondary N) is 1. The lowest BCUT2D eigenvalue weighted by Gasteiger charge is -2.09. The summed E-state index contributed by atoms with van der Waals surface area (Å²) in [6.45, 7) is 1.04. The first-order valence-corrected chi connectivity index (χ1v) is 9.19. The van der Waals surface area contributed by atoms with Crippen LogP contribution >= 0.6 is 11.8 Å². The highest BCUT2D eigenvalue weighted by Crippen LogP contribution is 2.15. The second kappa shape index (κ2) is 10.0. The van der Waals surface area contributed by atoms with Crippen LogP contribution in [0.2, 0.25) is 0 Å². The van der Waals surface area contributed by atoms with Crippen LogP contribution in [-0.4, -0.2) is 25.0 Å². The lowest BCUT2D eigenvalue weighted by Crippen LogP contribution is -2.12. The number of amides is 1. The quantitative estimate of drug-likeness (QED) is 0.743. The van der Waals surface area contributed by atoms with Gasteiger partial charge in [-0.05, 0) is 41.6 Å². The Hall–Kier alpha value is -1.98. The molecule has 0 unspecified atom stereocenters. The highest BCUT2D eigenvalue weighted by atomic mass is 32.2. The minimum atomic E-state index is 0.0423. The molecule has 0 saturated carbocycles. The molecule has 0 heterocycles. The van der Waals surface area contributed by atoms with Gasteiger partial charge in [-0.25, -0.2) is 0 Å². The van der Waals surface area contributed by atoms with Crippen LogP contribution in [0, 0.1) is 0 Å². The van der Waals surface area contributed by atoms with E-state index < -0.39 is 0 Å². The molecule has 2 rings (SSSR count). The van der Waals surface area contributed by atoms with Crippen molar-refractivity contribution in [3.63, 3.8) is 0 Å². The summed E-state index contributed by atoms with van der Waals surface area (Å²) in [6, 6.07) is 15.6. The summed E-state index contributed by atoms with van der Waals surface area (Å²) in [6.07, 6.45) is 2.52. The minimum absolute atomic E-state index is 0.0423. The number of ether oxygens (including phenoxy) is 2. The van der Waals surface area contributed by atoms with Crippen molar-refractivity contribution in [3.05, 3.63) is 59.7 Å². The Balaban J connectivity index is 1.81. The summed E-state index contributed by atoms with van der Waals surface area (Å²) in [5, 5.41) is 2.92. The van der Waals surface area contributed by atoms with Gasteiger partial charge < -0.3 is 14.8 Å². The van der Waals surface area contributed by atoms with Gasteiger partial charge in [-0.3, -0.25) is 4.79 Å². The molecule has 0 bridgehead atoms. The van der Waals surface area contributed by atoms with E-state index in [-0.39, 0.29) is 5.91 Å². The van der Waals surface area contributed by atoms with E-state index in [4.69, 9.17) is 9.47 Å². The van der Waals surface area contributed by atoms with Crippen LogP contribution < -0.4 is 10.1 Å². The van der Waals surface area contributed by atoms with Crippen molar-refractivity contribution in [2.75, 3.05) is 24.4 Å². The molecule has 0 aliphatic carbocycles. The van der Waals surface area contributed by atoms with Gasteiger partial charge in [-0.1, -0.05) is 24.3 Å². The van der Waals surface area contributed by atoms with Crippen LogP contribution in [0.15, 0.2) is 48.5 Å². The molecular weight excluding hydrogens is 322 g/mol. The average molecular weight is 345 g/mol. The van der Waals surface area contributed by atoms with Gasteiger partial charge in [0.1, 0.15) is 5.75 Å². The SMILES string of the molecule is COc1ccc(COCc2cccc(NC(=O)CCSC)c2)cc1. The number of thioether (sulfide) groups is 1. The number of methoxy groups -OCH3 is 1. The van der Waals surface area contributed by atoms with Gasteiger partial charge in [0.15, 0.2) is 0 Å². The van der Waals surface area contributed by atoms with E-state index in [1.165, 1.54) is 0 Å². The van der Waals surface area contributed by atoms with E-state index in [2.05, 4.69) is 5.32 Å². The van der Waals surface area contributed by atoms with Crippen molar-refractivity contribution >= 4 is 23.4 Å². The molecule has 24 heavy (non-hydrogen) atoms. The van der Waals surface area contributed by atoms with Crippen LogP contribution in [0.25, 0.3) is 0 Å². The largest absolute Gasteiger partial charge is 0.497 e. The molecule has 2 aromatic carbocycles. The lowest BCUT2D eigenvalue weighted by atomic mass is 10.2. The summed E-state index contributed by atoms with van der Waals surface area (Å²) in [5.41, 5.74) is 2.94. The first kappa shape index (κ1) is 18.4. The summed E-state index contributed by atoms with van der Waals surface area (Å²) >= 11 is 1.67. The zero-order valence-electron chi connectivity index (χ0n) is 14.1. The van der Waals surface area contributed by atoms with E-state index in [1.54, 1.807) is 18.9 Å². The Labute approximate surface area is 147 Å². The van der Waals surface area contributed by atoms with E-state index in [0.29, 0.717) is 19.6 Å². The van der Waals surface area contributed by atoms with Crippen LogP contribution in [0.3, 0.4) is 0 Å². The molecule has 0 aromatic heterocycles. The second-order valence-corrected chi connectivity index (χ2v) is 6.32. The highest BCUT2D eigenvalue weighted by Gasteiger charge is 2.03. The standard InChI is InChI=1S/C19H23NO3S/c1-22-18-8-6-15(7-9-18)13-23-14-16-4-3-5-17(12-16)20-19(21)10-11-24-2/h3-9,12H,10-11,13-14H2,1-2H3,(H,20,21). The molecule has 0 aliphatic rings. The summed E-state index contributed by atoms with van der Waals surface area (Å²) in [4.78, 5) is 11.8. The molecule has 0 aliphatic heterocycles. The molecule has 0 atom stereocenters. The topological polar surface area (TPSA) is 47.6 Å². The Morgan fingerprint density at radius 1 is 1.08 bits per heavy atom. The fourth-order valence-corrected chi connectivity index (χ4v) is 2.56. The van der Waals surface area contributed by atoms with E-state index in [0.717, 1.165) is 28.3 Å². The van der Waals surface area contributed by atoms with Crippen molar-refractivity contribution in [1.29, 1.82) is 0 Å². The third-order valence-corrected chi connectivity index (χ3v) is 4.05. The van der Waals surface area contributed by atoms with Gasteiger partial charge in [0, 0.05) is 17.9 Å². The fourth-order valence-electron chi connectivity index (χ4n) is 2.17. The highest BCUT2D eigenvalue weighted by molar-refractivity contribution is 7.98. The van der Waals surface area contributed by atoms with Crippen molar-refractivity contribution in [1.82, 2.24) is 0 Å². The maximum Gasteiger partial charge on any atom is 0.225 e. The molecule has 0 spiro atoms. The molecule has 1 amide bonds. The molecule has 2 aromatic rings. The first-order valence-electron chi connectivity index (χ1n) is 7.79.